The van der Waals surface area contributed by atoms with Gasteiger partial charge in [0.15, 0.2) is 0 Å². The third-order valence-electron chi connectivity index (χ3n) is 4.09. The predicted octanol–water partition coefficient (Wildman–Crippen LogP) is 2.69. The molecule has 1 amide bonds. The van der Waals surface area contributed by atoms with E-state index in [-0.39, 0.29) is 11.5 Å². The fourth-order valence-electron chi connectivity index (χ4n) is 2.92. The summed E-state index contributed by atoms with van der Waals surface area (Å²) in [5.74, 6) is -0.187. The highest BCUT2D eigenvalue weighted by Gasteiger charge is 2.26. The van der Waals surface area contributed by atoms with Crippen molar-refractivity contribution < 1.29 is 4.79 Å². The van der Waals surface area contributed by atoms with Crippen LogP contribution in [-0.4, -0.2) is 10.9 Å². The molecule has 1 aliphatic rings. The van der Waals surface area contributed by atoms with Crippen LogP contribution in [0.4, 0.5) is 5.69 Å². The first kappa shape index (κ1) is 13.6. The zero-order valence-corrected chi connectivity index (χ0v) is 12.5. The summed E-state index contributed by atoms with van der Waals surface area (Å²) < 4.78 is 0. The average Bonchev–Trinajstić information content (AvgIpc) is 2.54. The molecule has 2 heterocycles. The van der Waals surface area contributed by atoms with Crippen molar-refractivity contribution >= 4 is 22.5 Å². The molecule has 23 heavy (non-hydrogen) atoms. The lowest BCUT2D eigenvalue weighted by Crippen LogP contribution is -2.40. The maximum Gasteiger partial charge on any atom is 0.255 e. The van der Waals surface area contributed by atoms with Crippen LogP contribution in [0, 0.1) is 6.92 Å². The Morgan fingerprint density at radius 2 is 1.78 bits per heavy atom. The maximum atomic E-state index is 12.4. The van der Waals surface area contributed by atoms with Crippen LogP contribution in [0.3, 0.4) is 0 Å². The Bertz CT molecular complexity index is 991. The number of anilines is 1. The van der Waals surface area contributed by atoms with Gasteiger partial charge in [-0.1, -0.05) is 23.8 Å². The van der Waals surface area contributed by atoms with Crippen molar-refractivity contribution in [2.45, 2.75) is 13.1 Å². The van der Waals surface area contributed by atoms with E-state index >= 15 is 0 Å². The number of aromatic nitrogens is 1. The quantitative estimate of drug-likeness (QED) is 0.647. The summed E-state index contributed by atoms with van der Waals surface area (Å²) in [5, 5.41) is 6.99. The van der Waals surface area contributed by atoms with Crippen molar-refractivity contribution in [2.75, 3.05) is 5.32 Å². The molecule has 1 aromatic heterocycles. The molecule has 114 valence electrons. The molecule has 3 N–H and O–H groups in total. The standard InChI is InChI=1S/C18H15N3O2/c1-10-6-7-14-11(8-10)9-13(18(23)20-14)16-19-15-5-3-2-4-12(15)17(22)21-16/h2-9,16,19H,1H3,(H,20,23)(H,21,22). The molecule has 3 aromatic rings. The van der Waals surface area contributed by atoms with Gasteiger partial charge in [0.25, 0.3) is 11.5 Å². The second kappa shape index (κ2) is 4.98. The smallest absolute Gasteiger partial charge is 0.255 e. The average molecular weight is 305 g/mol. The fourth-order valence-corrected chi connectivity index (χ4v) is 2.92. The number of fused-ring (bicyclic) bond motifs is 2. The number of benzene rings is 2. The molecule has 1 atom stereocenters. The second-order valence-corrected chi connectivity index (χ2v) is 5.74. The third-order valence-corrected chi connectivity index (χ3v) is 4.09. The Morgan fingerprint density at radius 3 is 2.65 bits per heavy atom. The molecule has 0 bridgehead atoms. The Balaban J connectivity index is 1.82. The van der Waals surface area contributed by atoms with Crippen molar-refractivity contribution in [3.63, 3.8) is 0 Å². The SMILES string of the molecule is Cc1ccc2[nH]c(=O)c(C3NC(=O)c4ccccc4N3)cc2c1. The van der Waals surface area contributed by atoms with E-state index in [1.165, 1.54) is 0 Å². The van der Waals surface area contributed by atoms with Crippen LogP contribution < -0.4 is 16.2 Å². The van der Waals surface area contributed by atoms with Crippen LogP contribution in [-0.2, 0) is 0 Å². The van der Waals surface area contributed by atoms with E-state index in [0.717, 1.165) is 22.2 Å². The molecule has 0 radical (unpaired) electrons. The van der Waals surface area contributed by atoms with Crippen molar-refractivity contribution in [1.82, 2.24) is 10.3 Å². The highest BCUT2D eigenvalue weighted by atomic mass is 16.2. The van der Waals surface area contributed by atoms with Gasteiger partial charge in [0.05, 0.1) is 11.1 Å². The molecule has 1 aliphatic heterocycles. The normalized spacial score (nSPS) is 16.6. The van der Waals surface area contributed by atoms with E-state index in [1.54, 1.807) is 6.07 Å². The molecule has 5 nitrogen and oxygen atoms in total. The summed E-state index contributed by atoms with van der Waals surface area (Å²) in [5.41, 5.74) is 3.49. The van der Waals surface area contributed by atoms with E-state index in [0.29, 0.717) is 11.1 Å². The molecule has 0 saturated heterocycles. The number of carbonyl (C=O) groups excluding carboxylic acids is 1. The Labute approximate surface area is 132 Å². The lowest BCUT2D eigenvalue weighted by molar-refractivity contribution is 0.0935. The lowest BCUT2D eigenvalue weighted by Gasteiger charge is -2.27. The van der Waals surface area contributed by atoms with E-state index in [2.05, 4.69) is 15.6 Å². The topological polar surface area (TPSA) is 74.0 Å². The minimum absolute atomic E-state index is 0.187. The van der Waals surface area contributed by atoms with Crippen molar-refractivity contribution in [3.05, 3.63) is 75.6 Å². The van der Waals surface area contributed by atoms with Crippen molar-refractivity contribution in [3.8, 4) is 0 Å². The summed E-state index contributed by atoms with van der Waals surface area (Å²) in [6.07, 6.45) is -0.550. The summed E-state index contributed by atoms with van der Waals surface area (Å²) in [6.45, 7) is 2.00. The van der Waals surface area contributed by atoms with Gasteiger partial charge < -0.3 is 15.6 Å². The number of para-hydroxylation sites is 1. The number of pyridine rings is 1. The fraction of sp³-hybridized carbons (Fsp3) is 0.111. The van der Waals surface area contributed by atoms with Gasteiger partial charge in [-0.05, 0) is 42.6 Å². The third kappa shape index (κ3) is 2.26. The van der Waals surface area contributed by atoms with Crippen molar-refractivity contribution in [2.24, 2.45) is 0 Å². The van der Waals surface area contributed by atoms with Crippen LogP contribution >= 0.6 is 0 Å². The summed E-state index contributed by atoms with van der Waals surface area (Å²) in [7, 11) is 0. The number of H-pyrrole nitrogens is 1. The highest BCUT2D eigenvalue weighted by molar-refractivity contribution is 6.01. The van der Waals surface area contributed by atoms with E-state index in [1.807, 2.05) is 49.4 Å². The summed E-state index contributed by atoms with van der Waals surface area (Å²) >= 11 is 0. The van der Waals surface area contributed by atoms with Crippen LogP contribution in [0.5, 0.6) is 0 Å². The van der Waals surface area contributed by atoms with Crippen LogP contribution in [0.2, 0.25) is 0 Å². The molecule has 0 fully saturated rings. The number of rotatable bonds is 1. The number of amides is 1. The van der Waals surface area contributed by atoms with Gasteiger partial charge in [0.2, 0.25) is 0 Å². The number of hydrogen-bond acceptors (Lipinski definition) is 3. The first-order chi connectivity index (χ1) is 11.1. The molecule has 0 aliphatic carbocycles. The van der Waals surface area contributed by atoms with Crippen LogP contribution in [0.1, 0.15) is 27.7 Å². The van der Waals surface area contributed by atoms with E-state index in [4.69, 9.17) is 0 Å². The largest absolute Gasteiger partial charge is 0.361 e. The van der Waals surface area contributed by atoms with Gasteiger partial charge in [0, 0.05) is 11.2 Å². The summed E-state index contributed by atoms with van der Waals surface area (Å²) in [4.78, 5) is 27.5. The number of carbonyl (C=O) groups is 1. The zero-order chi connectivity index (χ0) is 16.0. The first-order valence-electron chi connectivity index (χ1n) is 7.42. The lowest BCUT2D eigenvalue weighted by atomic mass is 10.0. The second-order valence-electron chi connectivity index (χ2n) is 5.74. The summed E-state index contributed by atoms with van der Waals surface area (Å²) in [6, 6.07) is 14.9. The van der Waals surface area contributed by atoms with Gasteiger partial charge >= 0.3 is 0 Å². The number of nitrogens with one attached hydrogen (secondary N) is 3. The van der Waals surface area contributed by atoms with Crippen LogP contribution in [0.15, 0.2) is 53.3 Å². The van der Waals surface area contributed by atoms with E-state index in [9.17, 15) is 9.59 Å². The van der Waals surface area contributed by atoms with E-state index < -0.39 is 6.17 Å². The number of aromatic amines is 1. The van der Waals surface area contributed by atoms with Gasteiger partial charge in [-0.3, -0.25) is 9.59 Å². The van der Waals surface area contributed by atoms with Crippen molar-refractivity contribution in [1.29, 1.82) is 0 Å². The molecule has 0 saturated carbocycles. The molecule has 5 heteroatoms. The van der Waals surface area contributed by atoms with Gasteiger partial charge in [-0.25, -0.2) is 0 Å². The number of aryl methyl sites for hydroxylation is 1. The molecule has 0 spiro atoms. The van der Waals surface area contributed by atoms with Gasteiger partial charge in [0.1, 0.15) is 6.17 Å². The monoisotopic (exact) mass is 305 g/mol. The Kier molecular flexibility index (Phi) is 2.94. The van der Waals surface area contributed by atoms with Gasteiger partial charge in [-0.15, -0.1) is 0 Å². The first-order valence-corrected chi connectivity index (χ1v) is 7.42. The molecular weight excluding hydrogens is 290 g/mol. The molecule has 2 aromatic carbocycles. The molecule has 1 unspecified atom stereocenters. The number of hydrogen-bond donors (Lipinski definition) is 3. The molecule has 4 rings (SSSR count). The Morgan fingerprint density at radius 1 is 0.957 bits per heavy atom. The minimum Gasteiger partial charge on any atom is -0.361 e. The Hall–Kier alpha value is -3.08. The minimum atomic E-state index is -0.550. The highest BCUT2D eigenvalue weighted by Crippen LogP contribution is 2.26. The zero-order valence-electron chi connectivity index (χ0n) is 12.5. The van der Waals surface area contributed by atoms with Gasteiger partial charge in [-0.2, -0.15) is 0 Å². The van der Waals surface area contributed by atoms with Crippen LogP contribution in [0.25, 0.3) is 10.9 Å². The predicted molar refractivity (Wildman–Crippen MR) is 89.6 cm³/mol. The maximum absolute atomic E-state index is 12.4. The molecular formula is C18H15N3O2.